The summed E-state index contributed by atoms with van der Waals surface area (Å²) in [6.45, 7) is 2.85. The number of esters is 2. The van der Waals surface area contributed by atoms with Gasteiger partial charge in [0, 0.05) is 12.8 Å². The third-order valence-electron chi connectivity index (χ3n) is 5.25. The van der Waals surface area contributed by atoms with Gasteiger partial charge in [0.05, 0.1) is 13.7 Å². The highest BCUT2D eigenvalue weighted by Crippen LogP contribution is 2.12. The molecule has 0 aromatic heterocycles. The summed E-state index contributed by atoms with van der Waals surface area (Å²) >= 11 is 0. The van der Waals surface area contributed by atoms with Crippen molar-refractivity contribution in [2.75, 3.05) is 13.7 Å². The lowest BCUT2D eigenvalue weighted by atomic mass is 10.1. The Morgan fingerprint density at radius 2 is 0.929 bits per heavy atom. The highest BCUT2D eigenvalue weighted by Gasteiger charge is 2.03. The zero-order valence-corrected chi connectivity index (χ0v) is 18.8. The molecule has 4 heteroatoms. The van der Waals surface area contributed by atoms with Crippen LogP contribution in [0.2, 0.25) is 0 Å². The first kappa shape index (κ1) is 26.9. The quantitative estimate of drug-likeness (QED) is 0.152. The molecule has 28 heavy (non-hydrogen) atoms. The lowest BCUT2D eigenvalue weighted by molar-refractivity contribution is -0.144. The molecular formula is C24H46O4. The van der Waals surface area contributed by atoms with E-state index in [1.807, 2.05) is 0 Å². The van der Waals surface area contributed by atoms with E-state index in [-0.39, 0.29) is 11.9 Å². The van der Waals surface area contributed by atoms with Crippen molar-refractivity contribution in [2.45, 2.75) is 129 Å². The van der Waals surface area contributed by atoms with Crippen LogP contribution in [0.1, 0.15) is 129 Å². The summed E-state index contributed by atoms with van der Waals surface area (Å²) in [5.41, 5.74) is 0. The van der Waals surface area contributed by atoms with Gasteiger partial charge in [0.15, 0.2) is 0 Å². The average molecular weight is 399 g/mol. The second-order valence-electron chi connectivity index (χ2n) is 7.95. The van der Waals surface area contributed by atoms with E-state index in [9.17, 15) is 9.59 Å². The number of methoxy groups -OCH3 is 1. The zero-order valence-electron chi connectivity index (χ0n) is 18.8. The smallest absolute Gasteiger partial charge is 0.305 e. The number of carbonyl (C=O) groups excluding carboxylic acids is 2. The summed E-state index contributed by atoms with van der Waals surface area (Å²) in [6, 6.07) is 0. The van der Waals surface area contributed by atoms with E-state index < -0.39 is 0 Å². The van der Waals surface area contributed by atoms with Crippen molar-refractivity contribution in [3.63, 3.8) is 0 Å². The molecule has 0 aliphatic heterocycles. The molecule has 0 N–H and O–H groups in total. The van der Waals surface area contributed by atoms with Crippen molar-refractivity contribution >= 4 is 11.9 Å². The van der Waals surface area contributed by atoms with Crippen LogP contribution in [0.15, 0.2) is 0 Å². The third-order valence-corrected chi connectivity index (χ3v) is 5.25. The molecule has 0 unspecified atom stereocenters. The van der Waals surface area contributed by atoms with Gasteiger partial charge in [0.2, 0.25) is 0 Å². The maximum absolute atomic E-state index is 11.7. The molecule has 0 saturated carbocycles. The van der Waals surface area contributed by atoms with E-state index in [2.05, 4.69) is 11.7 Å². The van der Waals surface area contributed by atoms with Crippen molar-refractivity contribution in [1.29, 1.82) is 0 Å². The molecule has 4 nitrogen and oxygen atoms in total. The van der Waals surface area contributed by atoms with Gasteiger partial charge >= 0.3 is 11.9 Å². The molecule has 0 rings (SSSR count). The molecule has 0 aliphatic rings. The normalized spacial score (nSPS) is 10.8. The third kappa shape index (κ3) is 21.2. The average Bonchev–Trinajstić information content (AvgIpc) is 2.70. The lowest BCUT2D eigenvalue weighted by Gasteiger charge is -2.05. The topological polar surface area (TPSA) is 52.6 Å². The highest BCUT2D eigenvalue weighted by molar-refractivity contribution is 5.69. The van der Waals surface area contributed by atoms with Crippen molar-refractivity contribution in [2.24, 2.45) is 0 Å². The number of hydrogen-bond donors (Lipinski definition) is 0. The van der Waals surface area contributed by atoms with Gasteiger partial charge in [0.1, 0.15) is 0 Å². The van der Waals surface area contributed by atoms with E-state index in [1.54, 1.807) is 0 Å². The van der Waals surface area contributed by atoms with Gasteiger partial charge in [-0.3, -0.25) is 9.59 Å². The molecular weight excluding hydrogens is 352 g/mol. The lowest BCUT2D eigenvalue weighted by Crippen LogP contribution is -2.05. The Hall–Kier alpha value is -1.06. The maximum atomic E-state index is 11.7. The zero-order chi connectivity index (χ0) is 20.7. The number of rotatable bonds is 21. The van der Waals surface area contributed by atoms with Gasteiger partial charge in [-0.1, -0.05) is 96.8 Å². The Morgan fingerprint density at radius 1 is 0.536 bits per heavy atom. The van der Waals surface area contributed by atoms with Crippen LogP contribution in [-0.2, 0) is 19.1 Å². The Labute approximate surface area is 174 Å². The minimum atomic E-state index is -0.124. The number of carbonyl (C=O) groups is 2. The SMILES string of the molecule is CCCCCCCCCCCCCOC(=O)CCCCCCCCC(=O)OC. The first-order valence-corrected chi connectivity index (χ1v) is 11.9. The minimum absolute atomic E-state index is 0.0437. The van der Waals surface area contributed by atoms with Crippen LogP contribution >= 0.6 is 0 Å². The molecule has 0 aromatic carbocycles. The van der Waals surface area contributed by atoms with Crippen LogP contribution in [-0.4, -0.2) is 25.7 Å². The van der Waals surface area contributed by atoms with Crippen molar-refractivity contribution in [3.8, 4) is 0 Å². The molecule has 0 aromatic rings. The molecule has 0 atom stereocenters. The summed E-state index contributed by atoms with van der Waals surface area (Å²) in [5, 5.41) is 0. The molecule has 166 valence electrons. The van der Waals surface area contributed by atoms with Crippen molar-refractivity contribution < 1.29 is 19.1 Å². The number of hydrogen-bond acceptors (Lipinski definition) is 4. The fraction of sp³-hybridized carbons (Fsp3) is 0.917. The molecule has 0 radical (unpaired) electrons. The largest absolute Gasteiger partial charge is 0.469 e. The van der Waals surface area contributed by atoms with E-state index in [1.165, 1.54) is 71.3 Å². The van der Waals surface area contributed by atoms with Gasteiger partial charge < -0.3 is 9.47 Å². The second kappa shape index (κ2) is 22.2. The van der Waals surface area contributed by atoms with Gasteiger partial charge in [-0.05, 0) is 19.3 Å². The summed E-state index contributed by atoms with van der Waals surface area (Å²) in [5.74, 6) is -0.168. The fourth-order valence-corrected chi connectivity index (χ4v) is 3.37. The molecule has 0 spiro atoms. The Bertz CT molecular complexity index is 355. The molecule has 0 amide bonds. The number of unbranched alkanes of at least 4 members (excludes halogenated alkanes) is 15. The predicted molar refractivity (Wildman–Crippen MR) is 116 cm³/mol. The standard InChI is InChI=1S/C24H46O4/c1-3-4-5-6-7-8-9-10-13-16-19-22-28-24(26)21-18-15-12-11-14-17-20-23(25)27-2/h3-22H2,1-2H3. The summed E-state index contributed by atoms with van der Waals surface area (Å²) in [4.78, 5) is 22.7. The summed E-state index contributed by atoms with van der Waals surface area (Å²) in [7, 11) is 1.43. The summed E-state index contributed by atoms with van der Waals surface area (Å²) < 4.78 is 9.93. The van der Waals surface area contributed by atoms with E-state index in [4.69, 9.17) is 4.74 Å². The van der Waals surface area contributed by atoms with Gasteiger partial charge in [-0.15, -0.1) is 0 Å². The Balaban J connectivity index is 3.18. The number of ether oxygens (including phenoxy) is 2. The van der Waals surface area contributed by atoms with Crippen LogP contribution < -0.4 is 0 Å². The van der Waals surface area contributed by atoms with Crippen LogP contribution in [0.25, 0.3) is 0 Å². The van der Waals surface area contributed by atoms with Crippen LogP contribution in [0.5, 0.6) is 0 Å². The summed E-state index contributed by atoms with van der Waals surface area (Å²) in [6.07, 6.45) is 21.6. The molecule has 0 heterocycles. The molecule has 0 fully saturated rings. The fourth-order valence-electron chi connectivity index (χ4n) is 3.37. The van der Waals surface area contributed by atoms with E-state index >= 15 is 0 Å². The monoisotopic (exact) mass is 398 g/mol. The van der Waals surface area contributed by atoms with Gasteiger partial charge in [-0.2, -0.15) is 0 Å². The van der Waals surface area contributed by atoms with Crippen molar-refractivity contribution in [3.05, 3.63) is 0 Å². The first-order chi connectivity index (χ1) is 13.7. The molecule has 0 saturated heterocycles. The van der Waals surface area contributed by atoms with Gasteiger partial charge in [0.25, 0.3) is 0 Å². The predicted octanol–water partition coefficient (Wildman–Crippen LogP) is 7.13. The van der Waals surface area contributed by atoms with Gasteiger partial charge in [-0.25, -0.2) is 0 Å². The maximum Gasteiger partial charge on any atom is 0.305 e. The Morgan fingerprint density at radius 3 is 1.39 bits per heavy atom. The van der Waals surface area contributed by atoms with Crippen LogP contribution in [0.3, 0.4) is 0 Å². The van der Waals surface area contributed by atoms with Crippen LogP contribution in [0, 0.1) is 0 Å². The molecule has 0 bridgehead atoms. The minimum Gasteiger partial charge on any atom is -0.469 e. The van der Waals surface area contributed by atoms with E-state index in [0.717, 1.165) is 44.9 Å². The van der Waals surface area contributed by atoms with Crippen LogP contribution in [0.4, 0.5) is 0 Å². The highest BCUT2D eigenvalue weighted by atomic mass is 16.5. The Kier molecular flexibility index (Phi) is 21.4. The van der Waals surface area contributed by atoms with Crippen molar-refractivity contribution in [1.82, 2.24) is 0 Å². The second-order valence-corrected chi connectivity index (χ2v) is 7.95. The van der Waals surface area contributed by atoms with E-state index in [0.29, 0.717) is 19.4 Å². The first-order valence-electron chi connectivity index (χ1n) is 11.9. The molecule has 0 aliphatic carbocycles.